The van der Waals surface area contributed by atoms with Crippen molar-refractivity contribution in [1.82, 2.24) is 15.1 Å². The molecule has 5 rings (SSSR count). The number of hydrogen-bond acceptors (Lipinski definition) is 5. The Hall–Kier alpha value is -3.06. The van der Waals surface area contributed by atoms with E-state index in [0.29, 0.717) is 52.4 Å². The Kier molecular flexibility index (Phi) is 6.95. The van der Waals surface area contributed by atoms with Gasteiger partial charge in [-0.05, 0) is 48.6 Å². The molecule has 3 aliphatic rings. The Morgan fingerprint density at radius 2 is 1.66 bits per heavy atom. The summed E-state index contributed by atoms with van der Waals surface area (Å²) in [6, 6.07) is 14.1. The highest BCUT2D eigenvalue weighted by Gasteiger charge is 2.38. The van der Waals surface area contributed by atoms with E-state index in [4.69, 9.17) is 9.47 Å². The Morgan fingerprint density at radius 3 is 2.40 bits per heavy atom. The van der Waals surface area contributed by atoms with Gasteiger partial charge in [0.15, 0.2) is 11.5 Å². The molecule has 186 valence electrons. The second-order valence-corrected chi connectivity index (χ2v) is 9.96. The minimum atomic E-state index is -0.349. The molecule has 7 heteroatoms. The number of benzene rings is 2. The summed E-state index contributed by atoms with van der Waals surface area (Å²) in [4.78, 5) is 30.0. The molecule has 0 spiro atoms. The number of ether oxygens (including phenoxy) is 2. The first-order valence-corrected chi connectivity index (χ1v) is 12.8. The monoisotopic (exact) mass is 477 g/mol. The molecule has 1 saturated carbocycles. The van der Waals surface area contributed by atoms with E-state index in [1.165, 1.54) is 0 Å². The quantitative estimate of drug-likeness (QED) is 0.693. The second-order valence-electron chi connectivity index (χ2n) is 9.96. The number of nitrogens with zero attached hydrogens (tertiary/aromatic N) is 2. The standard InChI is InChI=1S/C28H35N3O4/c1-21-6-2-3-7-22(21)18-27(33)31-14-12-30(13-15-31)20-26(32)29-28(10-4-5-11-28)23-8-9-24-25(19-23)35-17-16-34-24/h2-3,6-9,19H,4-5,10-18,20H2,1H3,(H,29,32). The van der Waals surface area contributed by atoms with E-state index in [1.807, 2.05) is 48.2 Å². The van der Waals surface area contributed by atoms with Gasteiger partial charge in [-0.15, -0.1) is 0 Å². The molecule has 2 heterocycles. The lowest BCUT2D eigenvalue weighted by atomic mass is 9.87. The van der Waals surface area contributed by atoms with E-state index in [-0.39, 0.29) is 17.4 Å². The van der Waals surface area contributed by atoms with E-state index in [1.54, 1.807) is 0 Å². The average molecular weight is 478 g/mol. The van der Waals surface area contributed by atoms with Crippen LogP contribution in [0.5, 0.6) is 11.5 Å². The minimum absolute atomic E-state index is 0.0430. The molecule has 2 aromatic rings. The van der Waals surface area contributed by atoms with E-state index in [9.17, 15) is 9.59 Å². The van der Waals surface area contributed by atoms with Crippen molar-refractivity contribution >= 4 is 11.8 Å². The van der Waals surface area contributed by atoms with Crippen molar-refractivity contribution in [3.05, 3.63) is 59.2 Å². The van der Waals surface area contributed by atoms with Crippen LogP contribution in [0.25, 0.3) is 0 Å². The predicted octanol–water partition coefficient (Wildman–Crippen LogP) is 3.04. The molecule has 2 aliphatic heterocycles. The molecular weight excluding hydrogens is 442 g/mol. The summed E-state index contributed by atoms with van der Waals surface area (Å²) < 4.78 is 11.5. The summed E-state index contributed by atoms with van der Waals surface area (Å²) in [6.07, 6.45) is 4.48. The lowest BCUT2D eigenvalue weighted by Crippen LogP contribution is -2.53. The lowest BCUT2D eigenvalue weighted by molar-refractivity contribution is -0.132. The average Bonchev–Trinajstić information content (AvgIpc) is 3.35. The number of fused-ring (bicyclic) bond motifs is 1. The van der Waals surface area contributed by atoms with Gasteiger partial charge in [0.1, 0.15) is 13.2 Å². The van der Waals surface area contributed by atoms with Crippen LogP contribution >= 0.6 is 0 Å². The summed E-state index contributed by atoms with van der Waals surface area (Å²) in [7, 11) is 0. The van der Waals surface area contributed by atoms with Gasteiger partial charge in [0.25, 0.3) is 0 Å². The van der Waals surface area contributed by atoms with E-state index in [0.717, 1.165) is 53.9 Å². The van der Waals surface area contributed by atoms with Crippen LogP contribution < -0.4 is 14.8 Å². The Morgan fingerprint density at radius 1 is 0.943 bits per heavy atom. The largest absolute Gasteiger partial charge is 0.486 e. The van der Waals surface area contributed by atoms with Crippen molar-refractivity contribution < 1.29 is 19.1 Å². The third kappa shape index (κ3) is 5.30. The third-order valence-corrected chi connectivity index (χ3v) is 7.63. The zero-order valence-corrected chi connectivity index (χ0v) is 20.6. The Bertz CT molecular complexity index is 1070. The summed E-state index contributed by atoms with van der Waals surface area (Å²) in [5.41, 5.74) is 2.98. The van der Waals surface area contributed by atoms with Gasteiger partial charge in [0, 0.05) is 26.2 Å². The molecule has 0 bridgehead atoms. The van der Waals surface area contributed by atoms with Crippen LogP contribution in [0.4, 0.5) is 0 Å². The molecule has 7 nitrogen and oxygen atoms in total. The molecule has 1 N–H and O–H groups in total. The predicted molar refractivity (Wildman–Crippen MR) is 134 cm³/mol. The summed E-state index contributed by atoms with van der Waals surface area (Å²) >= 11 is 0. The van der Waals surface area contributed by atoms with Crippen LogP contribution in [0.2, 0.25) is 0 Å². The SMILES string of the molecule is Cc1ccccc1CC(=O)N1CCN(CC(=O)NC2(c3ccc4c(c3)OCCO4)CCCC2)CC1. The molecule has 0 atom stereocenters. The fraction of sp³-hybridized carbons (Fsp3) is 0.500. The molecule has 1 saturated heterocycles. The van der Waals surface area contributed by atoms with E-state index < -0.39 is 0 Å². The first-order chi connectivity index (χ1) is 17.0. The van der Waals surface area contributed by atoms with Gasteiger partial charge >= 0.3 is 0 Å². The molecule has 0 aromatic heterocycles. The second kappa shape index (κ2) is 10.3. The number of piperazine rings is 1. The van der Waals surface area contributed by atoms with Crippen LogP contribution in [0.3, 0.4) is 0 Å². The minimum Gasteiger partial charge on any atom is -0.486 e. The lowest BCUT2D eigenvalue weighted by Gasteiger charge is -2.36. The Labute approximate surface area is 207 Å². The number of nitrogens with one attached hydrogen (secondary N) is 1. The van der Waals surface area contributed by atoms with Gasteiger partial charge < -0.3 is 19.7 Å². The normalized spacial score (nSPS) is 19.4. The highest BCUT2D eigenvalue weighted by atomic mass is 16.6. The molecule has 2 amide bonds. The summed E-state index contributed by atoms with van der Waals surface area (Å²) in [6.45, 7) is 6.26. The molecule has 2 fully saturated rings. The van der Waals surface area contributed by atoms with Crippen LogP contribution in [0, 0.1) is 6.92 Å². The number of aryl methyl sites for hydroxylation is 1. The number of rotatable bonds is 6. The van der Waals surface area contributed by atoms with Crippen molar-refractivity contribution in [2.45, 2.75) is 44.6 Å². The zero-order valence-electron chi connectivity index (χ0n) is 20.6. The number of hydrogen-bond donors (Lipinski definition) is 1. The molecule has 0 radical (unpaired) electrons. The summed E-state index contributed by atoms with van der Waals surface area (Å²) in [5, 5.41) is 3.38. The topological polar surface area (TPSA) is 71.1 Å². The highest BCUT2D eigenvalue weighted by Crippen LogP contribution is 2.42. The summed E-state index contributed by atoms with van der Waals surface area (Å²) in [5.74, 6) is 1.74. The van der Waals surface area contributed by atoms with Crippen molar-refractivity contribution in [2.75, 3.05) is 45.9 Å². The third-order valence-electron chi connectivity index (χ3n) is 7.63. The van der Waals surface area contributed by atoms with Gasteiger partial charge in [-0.1, -0.05) is 43.2 Å². The number of carbonyl (C=O) groups excluding carboxylic acids is 2. The molecule has 35 heavy (non-hydrogen) atoms. The first kappa shape index (κ1) is 23.7. The van der Waals surface area contributed by atoms with Crippen molar-refractivity contribution in [2.24, 2.45) is 0 Å². The zero-order chi connectivity index (χ0) is 24.3. The molecule has 1 aliphatic carbocycles. The van der Waals surface area contributed by atoms with E-state index >= 15 is 0 Å². The fourth-order valence-electron chi connectivity index (χ4n) is 5.55. The smallest absolute Gasteiger partial charge is 0.234 e. The molecular formula is C28H35N3O4. The van der Waals surface area contributed by atoms with Gasteiger partial charge in [-0.3, -0.25) is 14.5 Å². The maximum atomic E-state index is 13.1. The molecule has 0 unspecified atom stereocenters. The van der Waals surface area contributed by atoms with Crippen molar-refractivity contribution in [3.8, 4) is 11.5 Å². The van der Waals surface area contributed by atoms with Crippen LogP contribution in [-0.4, -0.2) is 67.6 Å². The first-order valence-electron chi connectivity index (χ1n) is 12.8. The number of carbonyl (C=O) groups is 2. The van der Waals surface area contributed by atoms with Gasteiger partial charge in [-0.2, -0.15) is 0 Å². The van der Waals surface area contributed by atoms with Crippen LogP contribution in [0.1, 0.15) is 42.4 Å². The van der Waals surface area contributed by atoms with Crippen molar-refractivity contribution in [1.29, 1.82) is 0 Å². The fourth-order valence-corrected chi connectivity index (χ4v) is 5.55. The maximum absolute atomic E-state index is 13.1. The maximum Gasteiger partial charge on any atom is 0.234 e. The van der Waals surface area contributed by atoms with Crippen LogP contribution in [-0.2, 0) is 21.5 Å². The highest BCUT2D eigenvalue weighted by molar-refractivity contribution is 5.80. The van der Waals surface area contributed by atoms with Gasteiger partial charge in [-0.25, -0.2) is 0 Å². The van der Waals surface area contributed by atoms with Crippen molar-refractivity contribution in [3.63, 3.8) is 0 Å². The van der Waals surface area contributed by atoms with Gasteiger partial charge in [0.05, 0.1) is 18.5 Å². The number of amides is 2. The van der Waals surface area contributed by atoms with E-state index in [2.05, 4.69) is 16.3 Å². The van der Waals surface area contributed by atoms with Crippen LogP contribution in [0.15, 0.2) is 42.5 Å². The van der Waals surface area contributed by atoms with Gasteiger partial charge in [0.2, 0.25) is 11.8 Å². The Balaban J connectivity index is 1.16. The molecule has 2 aromatic carbocycles.